The van der Waals surface area contributed by atoms with Crippen molar-refractivity contribution >= 4 is 21.4 Å². The molecule has 1 N–H and O–H groups in total. The zero-order chi connectivity index (χ0) is 21.2. The summed E-state index contributed by atoms with van der Waals surface area (Å²) in [4.78, 5) is 10.1. The van der Waals surface area contributed by atoms with Gasteiger partial charge in [0.15, 0.2) is 4.90 Å². The summed E-state index contributed by atoms with van der Waals surface area (Å²) in [5, 5.41) is 15.6. The summed E-state index contributed by atoms with van der Waals surface area (Å²) in [5.74, 6) is 0.710. The molecule has 0 aliphatic heterocycles. The van der Waals surface area contributed by atoms with Crippen LogP contribution >= 0.6 is 0 Å². The van der Waals surface area contributed by atoms with Crippen molar-refractivity contribution in [2.75, 3.05) is 11.8 Å². The molecule has 152 valence electrons. The average molecular weight is 416 g/mol. The van der Waals surface area contributed by atoms with Gasteiger partial charge in [0.05, 0.1) is 35.7 Å². The fourth-order valence-electron chi connectivity index (χ4n) is 2.97. The van der Waals surface area contributed by atoms with E-state index in [2.05, 4.69) is 9.82 Å². The Morgan fingerprint density at radius 1 is 1.17 bits per heavy atom. The number of nitrogens with one attached hydrogen (secondary N) is 1. The predicted octanol–water partition coefficient (Wildman–Crippen LogP) is 3.27. The van der Waals surface area contributed by atoms with Gasteiger partial charge in [0.1, 0.15) is 5.75 Å². The Labute approximate surface area is 168 Å². The van der Waals surface area contributed by atoms with E-state index in [1.165, 1.54) is 18.2 Å². The monoisotopic (exact) mass is 416 g/mol. The Hall–Kier alpha value is -3.40. The van der Waals surface area contributed by atoms with Crippen LogP contribution in [-0.2, 0) is 16.6 Å². The number of anilines is 1. The molecule has 0 aliphatic rings. The molecule has 3 aromatic rings. The molecule has 1 heterocycles. The van der Waals surface area contributed by atoms with E-state index < -0.39 is 25.5 Å². The molecule has 0 fully saturated rings. The van der Waals surface area contributed by atoms with Crippen molar-refractivity contribution in [2.24, 2.45) is 0 Å². The molecular weight excluding hydrogens is 396 g/mol. The van der Waals surface area contributed by atoms with Crippen molar-refractivity contribution in [3.8, 4) is 5.75 Å². The molecule has 0 unspecified atom stereocenters. The zero-order valence-corrected chi connectivity index (χ0v) is 16.9. The highest BCUT2D eigenvalue weighted by molar-refractivity contribution is 7.92. The van der Waals surface area contributed by atoms with E-state index >= 15 is 0 Å². The number of aryl methyl sites for hydroxylation is 1. The van der Waals surface area contributed by atoms with Gasteiger partial charge in [-0.2, -0.15) is 5.10 Å². The Morgan fingerprint density at radius 3 is 2.59 bits per heavy atom. The molecule has 0 amide bonds. The zero-order valence-electron chi connectivity index (χ0n) is 16.1. The van der Waals surface area contributed by atoms with Gasteiger partial charge in [0.2, 0.25) is 0 Å². The van der Waals surface area contributed by atoms with Crippen molar-refractivity contribution in [1.82, 2.24) is 9.78 Å². The molecule has 0 saturated heterocycles. The van der Waals surface area contributed by atoms with Crippen LogP contribution in [0.15, 0.2) is 53.4 Å². The summed E-state index contributed by atoms with van der Waals surface area (Å²) in [5.41, 5.74) is 1.80. The molecule has 29 heavy (non-hydrogen) atoms. The number of ether oxygens (including phenoxy) is 1. The standard InChI is InChI=1S/C19H20N4O5S/c1-13-19(21-29(26,27)18-10-5-4-9-17(18)23(24)25)14(2)22(20-13)12-15-7-6-8-16(11-15)28-3/h4-11,21H,12H2,1-3H3. The normalized spacial score (nSPS) is 11.3. The fourth-order valence-corrected chi connectivity index (χ4v) is 4.32. The third-order valence-corrected chi connectivity index (χ3v) is 5.83. The number of benzene rings is 2. The maximum atomic E-state index is 12.8. The lowest BCUT2D eigenvalue weighted by Crippen LogP contribution is -2.16. The van der Waals surface area contributed by atoms with Gasteiger partial charge in [-0.25, -0.2) is 8.42 Å². The van der Waals surface area contributed by atoms with Crippen LogP contribution in [0.5, 0.6) is 5.75 Å². The molecule has 9 nitrogen and oxygen atoms in total. The third kappa shape index (κ3) is 4.21. The van der Waals surface area contributed by atoms with Gasteiger partial charge in [-0.1, -0.05) is 24.3 Å². The van der Waals surface area contributed by atoms with Gasteiger partial charge in [0, 0.05) is 6.07 Å². The second-order valence-corrected chi connectivity index (χ2v) is 8.04. The van der Waals surface area contributed by atoms with E-state index in [0.29, 0.717) is 29.4 Å². The van der Waals surface area contributed by atoms with Gasteiger partial charge in [-0.05, 0) is 37.6 Å². The number of sulfonamides is 1. The highest BCUT2D eigenvalue weighted by atomic mass is 32.2. The van der Waals surface area contributed by atoms with Crippen molar-refractivity contribution in [3.05, 3.63) is 75.6 Å². The number of hydrogen-bond acceptors (Lipinski definition) is 6. The van der Waals surface area contributed by atoms with Gasteiger partial charge < -0.3 is 4.74 Å². The molecule has 0 saturated carbocycles. The highest BCUT2D eigenvalue weighted by Crippen LogP contribution is 2.28. The van der Waals surface area contributed by atoms with E-state index in [4.69, 9.17) is 4.74 Å². The first-order chi connectivity index (χ1) is 13.7. The van der Waals surface area contributed by atoms with Crippen molar-refractivity contribution < 1.29 is 18.1 Å². The summed E-state index contributed by atoms with van der Waals surface area (Å²) in [6.45, 7) is 3.82. The number of nitro benzene ring substituents is 1. The molecular formula is C19H20N4O5S. The largest absolute Gasteiger partial charge is 0.497 e. The number of nitrogens with zero attached hydrogens (tertiary/aromatic N) is 3. The average Bonchev–Trinajstić information content (AvgIpc) is 2.95. The van der Waals surface area contributed by atoms with Crippen LogP contribution in [-0.4, -0.2) is 30.2 Å². The van der Waals surface area contributed by atoms with Gasteiger partial charge >= 0.3 is 0 Å². The van der Waals surface area contributed by atoms with E-state index in [1.807, 2.05) is 24.3 Å². The minimum atomic E-state index is -4.17. The van der Waals surface area contributed by atoms with Crippen LogP contribution in [0, 0.1) is 24.0 Å². The van der Waals surface area contributed by atoms with Crippen LogP contribution in [0.4, 0.5) is 11.4 Å². The van der Waals surface area contributed by atoms with Crippen LogP contribution < -0.4 is 9.46 Å². The number of methoxy groups -OCH3 is 1. The second-order valence-electron chi connectivity index (χ2n) is 6.39. The summed E-state index contributed by atoms with van der Waals surface area (Å²) in [7, 11) is -2.59. The van der Waals surface area contributed by atoms with E-state index in [0.717, 1.165) is 11.6 Å². The number of rotatable bonds is 7. The van der Waals surface area contributed by atoms with E-state index in [1.54, 1.807) is 25.6 Å². The summed E-state index contributed by atoms with van der Waals surface area (Å²) in [6, 6.07) is 12.7. The molecule has 3 rings (SSSR count). The van der Waals surface area contributed by atoms with Crippen LogP contribution in [0.3, 0.4) is 0 Å². The minimum absolute atomic E-state index is 0.297. The Morgan fingerprint density at radius 2 is 1.90 bits per heavy atom. The SMILES string of the molecule is COc1cccc(Cn2nc(C)c(NS(=O)(=O)c3ccccc3[N+](=O)[O-])c2C)c1. The molecule has 0 bridgehead atoms. The molecule has 0 atom stereocenters. The van der Waals surface area contributed by atoms with Crippen molar-refractivity contribution in [1.29, 1.82) is 0 Å². The van der Waals surface area contributed by atoms with Crippen LogP contribution in [0.25, 0.3) is 0 Å². The second kappa shape index (κ2) is 7.92. The third-order valence-electron chi connectivity index (χ3n) is 4.44. The first-order valence-electron chi connectivity index (χ1n) is 8.66. The summed E-state index contributed by atoms with van der Waals surface area (Å²) in [6.07, 6.45) is 0. The first kappa shape index (κ1) is 20.3. The minimum Gasteiger partial charge on any atom is -0.497 e. The maximum absolute atomic E-state index is 12.8. The maximum Gasteiger partial charge on any atom is 0.289 e. The lowest BCUT2D eigenvalue weighted by molar-refractivity contribution is -0.387. The molecule has 2 aromatic carbocycles. The van der Waals surface area contributed by atoms with Crippen molar-refractivity contribution in [2.45, 2.75) is 25.3 Å². The molecule has 0 aliphatic carbocycles. The van der Waals surface area contributed by atoms with Crippen LogP contribution in [0.1, 0.15) is 17.0 Å². The molecule has 0 radical (unpaired) electrons. The number of para-hydroxylation sites is 1. The topological polar surface area (TPSA) is 116 Å². The predicted molar refractivity (Wildman–Crippen MR) is 108 cm³/mol. The van der Waals surface area contributed by atoms with Gasteiger partial charge in [0.25, 0.3) is 15.7 Å². The Kier molecular flexibility index (Phi) is 5.55. The van der Waals surface area contributed by atoms with Gasteiger partial charge in [-0.3, -0.25) is 19.5 Å². The number of hydrogen-bond donors (Lipinski definition) is 1. The lowest BCUT2D eigenvalue weighted by Gasteiger charge is -2.10. The summed E-state index contributed by atoms with van der Waals surface area (Å²) < 4.78 is 35.0. The molecule has 1 aromatic heterocycles. The van der Waals surface area contributed by atoms with Crippen LogP contribution in [0.2, 0.25) is 0 Å². The molecule has 10 heteroatoms. The number of aromatic nitrogens is 2. The lowest BCUT2D eigenvalue weighted by atomic mass is 10.2. The smallest absolute Gasteiger partial charge is 0.289 e. The Balaban J connectivity index is 1.94. The van der Waals surface area contributed by atoms with Gasteiger partial charge in [-0.15, -0.1) is 0 Å². The fraction of sp³-hybridized carbons (Fsp3) is 0.211. The first-order valence-corrected chi connectivity index (χ1v) is 10.1. The number of nitro groups is 1. The highest BCUT2D eigenvalue weighted by Gasteiger charge is 2.27. The summed E-state index contributed by atoms with van der Waals surface area (Å²) >= 11 is 0. The Bertz CT molecular complexity index is 1170. The van der Waals surface area contributed by atoms with E-state index in [-0.39, 0.29) is 0 Å². The van der Waals surface area contributed by atoms with E-state index in [9.17, 15) is 18.5 Å². The molecule has 0 spiro atoms. The quantitative estimate of drug-likeness (QED) is 0.467. The van der Waals surface area contributed by atoms with Crippen molar-refractivity contribution in [3.63, 3.8) is 0 Å².